The summed E-state index contributed by atoms with van der Waals surface area (Å²) in [5.74, 6) is 0.00453. The molecular weight excluding hydrogens is 278 g/mol. The molecule has 1 fully saturated rings. The number of nitrogens with zero attached hydrogens (tertiary/aromatic N) is 1. The second-order valence-corrected chi connectivity index (χ2v) is 7.62. The molecule has 0 aliphatic carbocycles. The van der Waals surface area contributed by atoms with Crippen molar-refractivity contribution in [2.45, 2.75) is 58.2 Å². The highest BCUT2D eigenvalue weighted by Crippen LogP contribution is 2.13. The molecular formula is C13H27N3O3S. The second-order valence-electron chi connectivity index (χ2n) is 5.64. The van der Waals surface area contributed by atoms with E-state index in [0.717, 1.165) is 19.3 Å². The van der Waals surface area contributed by atoms with Gasteiger partial charge < -0.3 is 10.6 Å². The average molecular weight is 305 g/mol. The summed E-state index contributed by atoms with van der Waals surface area (Å²) in [6, 6.07) is 0.128. The molecule has 2 atom stereocenters. The molecule has 0 aromatic carbocycles. The quantitative estimate of drug-likeness (QED) is 0.740. The van der Waals surface area contributed by atoms with Crippen molar-refractivity contribution >= 4 is 15.9 Å². The zero-order valence-electron chi connectivity index (χ0n) is 12.8. The first-order valence-electron chi connectivity index (χ1n) is 7.25. The predicted octanol–water partition coefficient (Wildman–Crippen LogP) is 0.303. The summed E-state index contributed by atoms with van der Waals surface area (Å²) in [6.45, 7) is 6.91. The van der Waals surface area contributed by atoms with E-state index in [0.29, 0.717) is 13.1 Å². The van der Waals surface area contributed by atoms with Gasteiger partial charge in [-0.1, -0.05) is 6.92 Å². The van der Waals surface area contributed by atoms with Gasteiger partial charge in [0.05, 0.1) is 12.3 Å². The number of hydrogen-bond acceptors (Lipinski definition) is 4. The smallest absolute Gasteiger partial charge is 0.237 e. The first-order valence-corrected chi connectivity index (χ1v) is 9.10. The van der Waals surface area contributed by atoms with E-state index in [4.69, 9.17) is 0 Å². The van der Waals surface area contributed by atoms with Crippen LogP contribution in [0.1, 0.15) is 40.0 Å². The first kappa shape index (κ1) is 17.4. The van der Waals surface area contributed by atoms with E-state index < -0.39 is 10.0 Å². The summed E-state index contributed by atoms with van der Waals surface area (Å²) in [4.78, 5) is 11.9. The Morgan fingerprint density at radius 3 is 2.30 bits per heavy atom. The van der Waals surface area contributed by atoms with Crippen molar-refractivity contribution in [3.63, 3.8) is 0 Å². The summed E-state index contributed by atoms with van der Waals surface area (Å²) in [5.41, 5.74) is 0. The molecule has 2 N–H and O–H groups in total. The molecule has 2 unspecified atom stereocenters. The van der Waals surface area contributed by atoms with Crippen molar-refractivity contribution in [1.82, 2.24) is 14.9 Å². The van der Waals surface area contributed by atoms with Crippen molar-refractivity contribution in [2.75, 3.05) is 19.3 Å². The number of sulfonamides is 1. The number of rotatable bonds is 6. The number of carbonyl (C=O) groups excluding carboxylic acids is 1. The van der Waals surface area contributed by atoms with Gasteiger partial charge in [0.25, 0.3) is 0 Å². The third-order valence-electron chi connectivity index (χ3n) is 3.80. The highest BCUT2D eigenvalue weighted by Gasteiger charge is 2.26. The molecule has 7 heteroatoms. The van der Waals surface area contributed by atoms with Gasteiger partial charge in [-0.15, -0.1) is 0 Å². The molecule has 0 spiro atoms. The topological polar surface area (TPSA) is 78.5 Å². The van der Waals surface area contributed by atoms with Crippen LogP contribution in [-0.4, -0.2) is 56.1 Å². The fourth-order valence-corrected chi connectivity index (χ4v) is 3.13. The van der Waals surface area contributed by atoms with Crippen molar-refractivity contribution in [3.8, 4) is 0 Å². The minimum absolute atomic E-state index is 0.00453. The van der Waals surface area contributed by atoms with Crippen LogP contribution in [0.5, 0.6) is 0 Å². The standard InChI is InChI=1S/C13H27N3O3S/c1-5-10(2)14-13(17)11(3)15-12-6-8-16(9-7-12)20(4,18)19/h10-12,15H,5-9H2,1-4H3,(H,14,17). The SMILES string of the molecule is CCC(C)NC(=O)C(C)NC1CCN(S(C)(=O)=O)CC1. The number of piperidine rings is 1. The summed E-state index contributed by atoms with van der Waals surface area (Å²) >= 11 is 0. The molecule has 1 saturated heterocycles. The van der Waals surface area contributed by atoms with Crippen LogP contribution < -0.4 is 10.6 Å². The molecule has 0 bridgehead atoms. The summed E-state index contributed by atoms with van der Waals surface area (Å²) in [5, 5.41) is 6.23. The number of carbonyl (C=O) groups is 1. The Bertz CT molecular complexity index is 417. The maximum Gasteiger partial charge on any atom is 0.237 e. The lowest BCUT2D eigenvalue weighted by atomic mass is 10.1. The lowest BCUT2D eigenvalue weighted by molar-refractivity contribution is -0.123. The van der Waals surface area contributed by atoms with E-state index in [2.05, 4.69) is 10.6 Å². The Morgan fingerprint density at radius 2 is 1.85 bits per heavy atom. The van der Waals surface area contributed by atoms with Crippen molar-refractivity contribution in [1.29, 1.82) is 0 Å². The molecule has 20 heavy (non-hydrogen) atoms. The van der Waals surface area contributed by atoms with Gasteiger partial charge in [0.15, 0.2) is 0 Å². The van der Waals surface area contributed by atoms with Crippen LogP contribution >= 0.6 is 0 Å². The lowest BCUT2D eigenvalue weighted by Crippen LogP contribution is -2.52. The van der Waals surface area contributed by atoms with Gasteiger partial charge in [0.2, 0.25) is 15.9 Å². The van der Waals surface area contributed by atoms with Crippen LogP contribution in [0.15, 0.2) is 0 Å². The fourth-order valence-electron chi connectivity index (χ4n) is 2.25. The monoisotopic (exact) mass is 305 g/mol. The summed E-state index contributed by atoms with van der Waals surface area (Å²) in [7, 11) is -3.09. The van der Waals surface area contributed by atoms with E-state index in [-0.39, 0.29) is 24.0 Å². The van der Waals surface area contributed by atoms with Gasteiger partial charge in [0, 0.05) is 25.2 Å². The number of amides is 1. The molecule has 1 amide bonds. The third-order valence-corrected chi connectivity index (χ3v) is 5.11. The Morgan fingerprint density at radius 1 is 1.30 bits per heavy atom. The molecule has 1 aliphatic rings. The molecule has 0 aromatic heterocycles. The Hall–Kier alpha value is -0.660. The molecule has 1 rings (SSSR count). The Balaban J connectivity index is 2.38. The average Bonchev–Trinajstić information content (AvgIpc) is 2.38. The highest BCUT2D eigenvalue weighted by molar-refractivity contribution is 7.88. The largest absolute Gasteiger partial charge is 0.352 e. The normalized spacial score (nSPS) is 21.4. The Kier molecular flexibility index (Phi) is 6.42. The lowest BCUT2D eigenvalue weighted by Gasteiger charge is -2.32. The van der Waals surface area contributed by atoms with Gasteiger partial charge in [-0.3, -0.25) is 4.79 Å². The van der Waals surface area contributed by atoms with Crippen LogP contribution in [0.25, 0.3) is 0 Å². The molecule has 1 aliphatic heterocycles. The van der Waals surface area contributed by atoms with Crippen LogP contribution in [0.4, 0.5) is 0 Å². The molecule has 1 heterocycles. The van der Waals surface area contributed by atoms with Crippen LogP contribution in [0.2, 0.25) is 0 Å². The molecule has 0 radical (unpaired) electrons. The fraction of sp³-hybridized carbons (Fsp3) is 0.923. The zero-order valence-corrected chi connectivity index (χ0v) is 13.7. The summed E-state index contributed by atoms with van der Waals surface area (Å²) in [6.07, 6.45) is 3.64. The first-order chi connectivity index (χ1) is 9.24. The number of hydrogen-bond donors (Lipinski definition) is 2. The van der Waals surface area contributed by atoms with Crippen molar-refractivity contribution in [2.24, 2.45) is 0 Å². The van der Waals surface area contributed by atoms with E-state index in [1.165, 1.54) is 10.6 Å². The Labute approximate surface area is 122 Å². The maximum absolute atomic E-state index is 11.9. The second kappa shape index (κ2) is 7.38. The van der Waals surface area contributed by atoms with E-state index in [1.807, 2.05) is 20.8 Å². The highest BCUT2D eigenvalue weighted by atomic mass is 32.2. The van der Waals surface area contributed by atoms with Gasteiger partial charge in [0.1, 0.15) is 0 Å². The van der Waals surface area contributed by atoms with Gasteiger partial charge in [-0.05, 0) is 33.1 Å². The van der Waals surface area contributed by atoms with Gasteiger partial charge >= 0.3 is 0 Å². The zero-order chi connectivity index (χ0) is 15.3. The van der Waals surface area contributed by atoms with Crippen LogP contribution in [0, 0.1) is 0 Å². The molecule has 6 nitrogen and oxygen atoms in total. The van der Waals surface area contributed by atoms with E-state index in [1.54, 1.807) is 0 Å². The molecule has 0 aromatic rings. The molecule has 0 saturated carbocycles. The van der Waals surface area contributed by atoms with Crippen LogP contribution in [0.3, 0.4) is 0 Å². The molecule has 118 valence electrons. The summed E-state index contributed by atoms with van der Waals surface area (Å²) < 4.78 is 24.3. The maximum atomic E-state index is 11.9. The van der Waals surface area contributed by atoms with Crippen molar-refractivity contribution in [3.05, 3.63) is 0 Å². The minimum atomic E-state index is -3.09. The minimum Gasteiger partial charge on any atom is -0.352 e. The van der Waals surface area contributed by atoms with Gasteiger partial charge in [-0.25, -0.2) is 12.7 Å². The third kappa shape index (κ3) is 5.38. The van der Waals surface area contributed by atoms with Crippen LogP contribution in [-0.2, 0) is 14.8 Å². The predicted molar refractivity (Wildman–Crippen MR) is 79.9 cm³/mol. The van der Waals surface area contributed by atoms with Gasteiger partial charge in [-0.2, -0.15) is 0 Å². The van der Waals surface area contributed by atoms with Crippen molar-refractivity contribution < 1.29 is 13.2 Å². The van der Waals surface area contributed by atoms with E-state index in [9.17, 15) is 13.2 Å². The van der Waals surface area contributed by atoms with E-state index >= 15 is 0 Å². The number of nitrogens with one attached hydrogen (secondary N) is 2.